The van der Waals surface area contributed by atoms with E-state index in [2.05, 4.69) is 41.0 Å². The van der Waals surface area contributed by atoms with Crippen molar-refractivity contribution in [2.24, 2.45) is 0 Å². The number of hydrogen-bond acceptors (Lipinski definition) is 6. The van der Waals surface area contributed by atoms with Crippen LogP contribution in [0.5, 0.6) is 0 Å². The maximum Gasteiger partial charge on any atom is 0.333 e. The van der Waals surface area contributed by atoms with Crippen molar-refractivity contribution >= 4 is 48.2 Å². The van der Waals surface area contributed by atoms with Crippen LogP contribution in [0.25, 0.3) is 82.9 Å². The second-order valence-corrected chi connectivity index (χ2v) is 12.7. The summed E-state index contributed by atoms with van der Waals surface area (Å²) in [5, 5.41) is 15.4. The van der Waals surface area contributed by atoms with E-state index >= 15 is 0 Å². The number of thiophene rings is 1. The fourth-order valence-electron chi connectivity index (χ4n) is 6.57. The molecule has 6 aromatic carbocycles. The van der Waals surface area contributed by atoms with E-state index < -0.39 is 0 Å². The van der Waals surface area contributed by atoms with Gasteiger partial charge in [0, 0.05) is 43.2 Å². The van der Waals surface area contributed by atoms with Crippen molar-refractivity contribution < 1.29 is 4.92 Å². The van der Waals surface area contributed by atoms with Crippen molar-refractivity contribution in [1.82, 2.24) is 19.5 Å². The van der Waals surface area contributed by atoms with Crippen molar-refractivity contribution in [3.8, 4) is 51.0 Å². The number of benzene rings is 6. The third-order valence-corrected chi connectivity index (χ3v) is 9.89. The third kappa shape index (κ3) is 4.94. The van der Waals surface area contributed by atoms with Gasteiger partial charge < -0.3 is 4.57 Å². The quantitative estimate of drug-likeness (QED) is 0.132. The molecule has 232 valence electrons. The van der Waals surface area contributed by atoms with Crippen LogP contribution in [-0.4, -0.2) is 24.4 Å². The molecule has 3 heterocycles. The summed E-state index contributed by atoms with van der Waals surface area (Å²) in [7, 11) is 0. The Morgan fingerprint density at radius 2 is 1.08 bits per heavy atom. The van der Waals surface area contributed by atoms with Gasteiger partial charge in [-0.15, -0.1) is 0 Å². The third-order valence-electron chi connectivity index (χ3n) is 8.77. The lowest BCUT2D eigenvalue weighted by Gasteiger charge is -2.12. The number of para-hydroxylation sites is 1. The zero-order valence-corrected chi connectivity index (χ0v) is 26.7. The Morgan fingerprint density at radius 1 is 0.510 bits per heavy atom. The Morgan fingerprint density at radius 3 is 1.78 bits per heavy atom. The number of hydrogen-bond donors (Lipinski definition) is 0. The second-order valence-electron chi connectivity index (χ2n) is 11.7. The highest BCUT2D eigenvalue weighted by atomic mass is 32.1. The van der Waals surface area contributed by atoms with Gasteiger partial charge in [0.05, 0.1) is 21.5 Å². The first-order valence-corrected chi connectivity index (χ1v) is 16.6. The summed E-state index contributed by atoms with van der Waals surface area (Å²) in [4.78, 5) is 26.7. The van der Waals surface area contributed by atoms with Crippen LogP contribution in [0.15, 0.2) is 152 Å². The minimum atomic E-state index is -0.272. The summed E-state index contributed by atoms with van der Waals surface area (Å²) in [5.74, 6) is 1.76. The van der Waals surface area contributed by atoms with E-state index in [-0.39, 0.29) is 9.92 Å². The SMILES string of the molecule is O=[N+]([O-])c1sc2ccccc2c1-c1ccc2c3ccccc3n(-c3cccc(-c4nc(-c5ccccc5)nc(-c5ccccc5)n4)c3)c2c1. The summed E-state index contributed by atoms with van der Waals surface area (Å²) in [6.07, 6.45) is 0. The molecule has 0 aliphatic rings. The first-order chi connectivity index (χ1) is 24.1. The summed E-state index contributed by atoms with van der Waals surface area (Å²) < 4.78 is 3.11. The lowest BCUT2D eigenvalue weighted by atomic mass is 10.0. The molecule has 0 amide bonds. The van der Waals surface area contributed by atoms with Gasteiger partial charge in [-0.2, -0.15) is 0 Å². The largest absolute Gasteiger partial charge is 0.333 e. The van der Waals surface area contributed by atoms with E-state index in [1.54, 1.807) is 0 Å². The number of fused-ring (bicyclic) bond motifs is 4. The number of nitro groups is 1. The molecule has 0 aliphatic heterocycles. The van der Waals surface area contributed by atoms with Crippen LogP contribution in [0.3, 0.4) is 0 Å². The molecule has 0 aliphatic carbocycles. The molecule has 0 N–H and O–H groups in total. The average molecular weight is 652 g/mol. The van der Waals surface area contributed by atoms with E-state index in [1.807, 2.05) is 115 Å². The standard InChI is InChI=1S/C41H25N5O2S/c47-46(48)41-37(33-19-8-10-21-36(33)49-41)28-22-23-32-31-18-7-9-20-34(31)45(35(32)25-28)30-17-11-16-29(24-30)40-43-38(26-12-3-1-4-13-26)42-39(44-40)27-14-5-2-6-15-27/h1-25H. The Hall–Kier alpha value is -6.51. The van der Waals surface area contributed by atoms with E-state index in [9.17, 15) is 10.1 Å². The Bertz CT molecular complexity index is 2640. The zero-order chi connectivity index (χ0) is 32.9. The lowest BCUT2D eigenvalue weighted by molar-refractivity contribution is -0.379. The molecule has 0 spiro atoms. The van der Waals surface area contributed by atoms with Crippen molar-refractivity contribution in [2.45, 2.75) is 0 Å². The van der Waals surface area contributed by atoms with Crippen LogP contribution in [0.4, 0.5) is 5.00 Å². The van der Waals surface area contributed by atoms with Gasteiger partial charge in [-0.3, -0.25) is 10.1 Å². The number of nitrogens with zero attached hydrogens (tertiary/aromatic N) is 5. The van der Waals surface area contributed by atoms with Gasteiger partial charge in [0.25, 0.3) is 0 Å². The smallest absolute Gasteiger partial charge is 0.309 e. The van der Waals surface area contributed by atoms with Crippen LogP contribution in [0.2, 0.25) is 0 Å². The molecule has 0 atom stereocenters. The van der Waals surface area contributed by atoms with Gasteiger partial charge in [-0.05, 0) is 35.9 Å². The molecular formula is C41H25N5O2S. The molecule has 0 fully saturated rings. The highest BCUT2D eigenvalue weighted by Gasteiger charge is 2.24. The molecule has 0 saturated heterocycles. The van der Waals surface area contributed by atoms with Crippen molar-refractivity contribution in [2.75, 3.05) is 0 Å². The number of rotatable bonds is 6. The van der Waals surface area contributed by atoms with E-state index in [0.29, 0.717) is 23.0 Å². The summed E-state index contributed by atoms with van der Waals surface area (Å²) in [6, 6.07) is 50.2. The first kappa shape index (κ1) is 28.7. The highest BCUT2D eigenvalue weighted by Crippen LogP contribution is 2.45. The number of aromatic nitrogens is 4. The zero-order valence-electron chi connectivity index (χ0n) is 25.9. The Kier molecular flexibility index (Phi) is 6.81. The molecule has 0 radical (unpaired) electrons. The van der Waals surface area contributed by atoms with Crippen molar-refractivity contribution in [3.05, 3.63) is 162 Å². The molecule has 0 unspecified atom stereocenters. The van der Waals surface area contributed by atoms with E-state index in [1.165, 1.54) is 11.3 Å². The van der Waals surface area contributed by atoms with Crippen LogP contribution >= 0.6 is 11.3 Å². The van der Waals surface area contributed by atoms with E-state index in [0.717, 1.165) is 59.8 Å². The average Bonchev–Trinajstić information content (AvgIpc) is 3.72. The molecule has 3 aromatic heterocycles. The first-order valence-electron chi connectivity index (χ1n) is 15.8. The molecule has 0 bridgehead atoms. The van der Waals surface area contributed by atoms with Crippen molar-refractivity contribution in [1.29, 1.82) is 0 Å². The summed E-state index contributed by atoms with van der Waals surface area (Å²) in [6.45, 7) is 0. The highest BCUT2D eigenvalue weighted by molar-refractivity contribution is 7.22. The van der Waals surface area contributed by atoms with Crippen LogP contribution in [0, 0.1) is 10.1 Å². The topological polar surface area (TPSA) is 86.7 Å². The summed E-state index contributed by atoms with van der Waals surface area (Å²) in [5.41, 5.74) is 7.01. The van der Waals surface area contributed by atoms with Crippen LogP contribution in [0.1, 0.15) is 0 Å². The normalized spacial score (nSPS) is 11.4. The predicted octanol–water partition coefficient (Wildman–Crippen LogP) is 10.8. The van der Waals surface area contributed by atoms with Gasteiger partial charge in [-0.1, -0.05) is 133 Å². The fourth-order valence-corrected chi connectivity index (χ4v) is 7.61. The summed E-state index contributed by atoms with van der Waals surface area (Å²) >= 11 is 1.21. The minimum Gasteiger partial charge on any atom is -0.309 e. The fraction of sp³-hybridized carbons (Fsp3) is 0. The molecule has 8 heteroatoms. The molecule has 0 saturated carbocycles. The molecule has 49 heavy (non-hydrogen) atoms. The van der Waals surface area contributed by atoms with Crippen LogP contribution in [-0.2, 0) is 0 Å². The second kappa shape index (κ2) is 11.6. The maximum absolute atomic E-state index is 12.3. The van der Waals surface area contributed by atoms with E-state index in [4.69, 9.17) is 15.0 Å². The van der Waals surface area contributed by atoms with Crippen LogP contribution < -0.4 is 0 Å². The molecule has 9 aromatic rings. The lowest BCUT2D eigenvalue weighted by Crippen LogP contribution is -2.01. The van der Waals surface area contributed by atoms with Crippen molar-refractivity contribution in [3.63, 3.8) is 0 Å². The van der Waals surface area contributed by atoms with Gasteiger partial charge in [-0.25, -0.2) is 15.0 Å². The predicted molar refractivity (Wildman–Crippen MR) is 198 cm³/mol. The Balaban J connectivity index is 1.25. The monoisotopic (exact) mass is 651 g/mol. The molecular weight excluding hydrogens is 627 g/mol. The molecule has 7 nitrogen and oxygen atoms in total. The Labute approximate surface area is 284 Å². The molecule has 9 rings (SSSR count). The van der Waals surface area contributed by atoms with Gasteiger partial charge in [0.1, 0.15) is 0 Å². The van der Waals surface area contributed by atoms with Gasteiger partial charge in [0.15, 0.2) is 17.5 Å². The minimum absolute atomic E-state index is 0.142. The maximum atomic E-state index is 12.3. The van der Waals surface area contributed by atoms with Gasteiger partial charge in [0.2, 0.25) is 0 Å². The van der Waals surface area contributed by atoms with Gasteiger partial charge >= 0.3 is 5.00 Å².